The summed E-state index contributed by atoms with van der Waals surface area (Å²) in [6.07, 6.45) is 13.3. The van der Waals surface area contributed by atoms with E-state index in [0.29, 0.717) is 6.61 Å². The summed E-state index contributed by atoms with van der Waals surface area (Å²) < 4.78 is 14.1. The van der Waals surface area contributed by atoms with Crippen molar-refractivity contribution in [1.82, 2.24) is 4.90 Å². The van der Waals surface area contributed by atoms with Gasteiger partial charge < -0.3 is 14.4 Å². The molecule has 4 rings (SSSR count). The molecule has 2 aliphatic rings. The van der Waals surface area contributed by atoms with E-state index in [9.17, 15) is 0 Å². The fourth-order valence-corrected chi connectivity index (χ4v) is 4.39. The number of allylic oxidation sites excluding steroid dienone is 2. The molecule has 0 unspecified atom stereocenters. The topological polar surface area (TPSA) is 21.7 Å². The van der Waals surface area contributed by atoms with Gasteiger partial charge in [0.05, 0.1) is 17.4 Å². The first-order valence-corrected chi connectivity index (χ1v) is 9.74. The van der Waals surface area contributed by atoms with Crippen molar-refractivity contribution in [2.75, 3.05) is 27.2 Å². The zero-order chi connectivity index (χ0) is 17.9. The lowest BCUT2D eigenvalue weighted by atomic mass is 10.1. The van der Waals surface area contributed by atoms with E-state index < -0.39 is 0 Å². The van der Waals surface area contributed by atoms with Crippen molar-refractivity contribution in [3.63, 3.8) is 0 Å². The number of rotatable bonds is 6. The van der Waals surface area contributed by atoms with E-state index in [1.54, 1.807) is 17.6 Å². The molecule has 1 aromatic carbocycles. The van der Waals surface area contributed by atoms with Gasteiger partial charge in [-0.05, 0) is 62.1 Å². The number of nitrogens with zero attached hydrogens (tertiary/aromatic N) is 1. The Kier molecular flexibility index (Phi) is 5.07. The summed E-state index contributed by atoms with van der Waals surface area (Å²) in [5, 5.41) is 2.50. The lowest BCUT2D eigenvalue weighted by Crippen LogP contribution is -2.14. The highest BCUT2D eigenvalue weighted by Crippen LogP contribution is 2.25. The van der Waals surface area contributed by atoms with Crippen molar-refractivity contribution < 1.29 is 9.47 Å². The van der Waals surface area contributed by atoms with E-state index in [1.807, 2.05) is 6.08 Å². The maximum atomic E-state index is 5.87. The van der Waals surface area contributed by atoms with Crippen LogP contribution >= 0.6 is 11.3 Å². The second-order valence-electron chi connectivity index (χ2n) is 6.81. The van der Waals surface area contributed by atoms with E-state index in [0.717, 1.165) is 25.3 Å². The number of hydrogen-bond acceptors (Lipinski definition) is 4. The average molecular weight is 365 g/mol. The van der Waals surface area contributed by atoms with Crippen molar-refractivity contribution in [2.45, 2.75) is 13.0 Å². The van der Waals surface area contributed by atoms with E-state index >= 15 is 0 Å². The maximum absolute atomic E-state index is 5.87. The molecule has 1 aliphatic heterocycles. The summed E-state index contributed by atoms with van der Waals surface area (Å²) in [6.45, 7) is 2.49. The number of fused-ring (bicyclic) bond motifs is 4. The predicted molar refractivity (Wildman–Crippen MR) is 108 cm³/mol. The summed E-state index contributed by atoms with van der Waals surface area (Å²) in [7, 11) is 4.18. The molecule has 134 valence electrons. The van der Waals surface area contributed by atoms with Gasteiger partial charge in [0.2, 0.25) is 0 Å². The first-order chi connectivity index (χ1) is 12.7. The molecule has 0 bridgehead atoms. The second kappa shape index (κ2) is 7.62. The molecule has 0 saturated carbocycles. The number of benzene rings is 1. The van der Waals surface area contributed by atoms with E-state index in [1.165, 1.54) is 30.6 Å². The highest BCUT2D eigenvalue weighted by atomic mass is 32.1. The molecule has 4 heteroatoms. The second-order valence-corrected chi connectivity index (χ2v) is 7.86. The minimum absolute atomic E-state index is 0.652. The molecule has 1 aromatic heterocycles. The van der Waals surface area contributed by atoms with Gasteiger partial charge in [-0.3, -0.25) is 0 Å². The Hall–Kier alpha value is -2.14. The molecule has 0 amide bonds. The minimum atomic E-state index is 0.652. The average Bonchev–Trinajstić information content (AvgIpc) is 2.91. The van der Waals surface area contributed by atoms with E-state index in [-0.39, 0.29) is 0 Å². The molecule has 26 heavy (non-hydrogen) atoms. The number of hydrogen-bond donors (Lipinski definition) is 0. The monoisotopic (exact) mass is 365 g/mol. The fraction of sp³-hybridized carbons (Fsp3) is 0.273. The van der Waals surface area contributed by atoms with Gasteiger partial charge in [-0.15, -0.1) is 11.3 Å². The smallest absolute Gasteiger partial charge is 0.152 e. The van der Waals surface area contributed by atoms with Crippen molar-refractivity contribution in [1.29, 1.82) is 0 Å². The summed E-state index contributed by atoms with van der Waals surface area (Å²) in [5.41, 5.74) is 2.38. The molecule has 2 aromatic rings. The molecule has 0 fully saturated rings. The molecular formula is C22H23NO2S. The van der Waals surface area contributed by atoms with Crippen molar-refractivity contribution in [3.05, 3.63) is 67.2 Å². The zero-order valence-electron chi connectivity index (χ0n) is 15.2. The maximum Gasteiger partial charge on any atom is 0.152 e. The predicted octanol–water partition coefficient (Wildman–Crippen LogP) is 3.00. The van der Waals surface area contributed by atoms with Crippen LogP contribution in [0.2, 0.25) is 0 Å². The van der Waals surface area contributed by atoms with Gasteiger partial charge in [-0.25, -0.2) is 0 Å². The third-order valence-electron chi connectivity index (χ3n) is 4.50. The molecule has 3 nitrogen and oxygen atoms in total. The van der Waals surface area contributed by atoms with Crippen molar-refractivity contribution in [2.24, 2.45) is 0 Å². The third-order valence-corrected chi connectivity index (χ3v) is 5.69. The molecule has 0 saturated heterocycles. The summed E-state index contributed by atoms with van der Waals surface area (Å²) >= 11 is 1.79. The standard InChI is InChI=1S/C22H23NO2S/c1-23(2)11-5-12-24-15-16-9-10-17-6-3-7-18-21-20(8-4-13-25-21)26-22(18)19(17)14-16/h3-4,6-10,13-14H,5,11-12,15H2,1-2H3. The summed E-state index contributed by atoms with van der Waals surface area (Å²) in [5.74, 6) is 0.968. The summed E-state index contributed by atoms with van der Waals surface area (Å²) in [6, 6.07) is 6.62. The Morgan fingerprint density at radius 2 is 2.08 bits per heavy atom. The van der Waals surface area contributed by atoms with Crippen LogP contribution in [0, 0.1) is 9.75 Å². The van der Waals surface area contributed by atoms with Crippen LogP contribution in [0.15, 0.2) is 36.6 Å². The van der Waals surface area contributed by atoms with Crippen molar-refractivity contribution in [3.8, 4) is 5.75 Å². The van der Waals surface area contributed by atoms with Gasteiger partial charge in [0, 0.05) is 21.9 Å². The largest absolute Gasteiger partial charge is 0.463 e. The lowest BCUT2D eigenvalue weighted by molar-refractivity contribution is 0.113. The van der Waals surface area contributed by atoms with Crippen LogP contribution in [0.5, 0.6) is 5.75 Å². The molecule has 1 aliphatic carbocycles. The van der Waals surface area contributed by atoms with Gasteiger partial charge in [0.15, 0.2) is 5.75 Å². The Morgan fingerprint density at radius 1 is 1.15 bits per heavy atom. The Bertz CT molecular complexity index is 1080. The first-order valence-electron chi connectivity index (χ1n) is 8.93. The normalized spacial score (nSPS) is 14.0. The quantitative estimate of drug-likeness (QED) is 0.735. The van der Waals surface area contributed by atoms with Crippen LogP contribution < -0.4 is 14.5 Å². The van der Waals surface area contributed by atoms with Gasteiger partial charge in [-0.2, -0.15) is 0 Å². The van der Waals surface area contributed by atoms with Crippen LogP contribution in [0.1, 0.15) is 17.5 Å². The Balaban J connectivity index is 1.68. The lowest BCUT2D eigenvalue weighted by Gasteiger charge is -2.09. The van der Waals surface area contributed by atoms with E-state index in [4.69, 9.17) is 9.47 Å². The number of thiophene rings is 1. The fourth-order valence-electron chi connectivity index (χ4n) is 3.22. The molecule has 0 spiro atoms. The first kappa shape index (κ1) is 17.3. The zero-order valence-corrected chi connectivity index (χ0v) is 16.0. The highest BCUT2D eigenvalue weighted by molar-refractivity contribution is 7.08. The SMILES string of the molecule is CN(C)CCCOCc1ccc2c(c1)=c1sc3c(c1C=CC=2)OC=CC=3. The summed E-state index contributed by atoms with van der Waals surface area (Å²) in [4.78, 5) is 2.18. The van der Waals surface area contributed by atoms with Crippen LogP contribution in [-0.2, 0) is 11.3 Å². The Labute approximate surface area is 157 Å². The van der Waals surface area contributed by atoms with Gasteiger partial charge in [0.25, 0.3) is 0 Å². The van der Waals surface area contributed by atoms with Gasteiger partial charge in [-0.1, -0.05) is 24.3 Å². The number of ether oxygens (including phenoxy) is 2. The highest BCUT2D eigenvalue weighted by Gasteiger charge is 2.12. The molecule has 0 radical (unpaired) electrons. The van der Waals surface area contributed by atoms with Crippen LogP contribution in [0.3, 0.4) is 0 Å². The van der Waals surface area contributed by atoms with Crippen molar-refractivity contribution >= 4 is 29.6 Å². The van der Waals surface area contributed by atoms with Gasteiger partial charge >= 0.3 is 0 Å². The van der Waals surface area contributed by atoms with Crippen LogP contribution in [-0.4, -0.2) is 32.1 Å². The molecule has 0 atom stereocenters. The van der Waals surface area contributed by atoms with Crippen LogP contribution in [0.4, 0.5) is 0 Å². The van der Waals surface area contributed by atoms with E-state index in [2.05, 4.69) is 61.5 Å². The molecular weight excluding hydrogens is 342 g/mol. The third kappa shape index (κ3) is 3.54. The Morgan fingerprint density at radius 3 is 2.96 bits per heavy atom. The van der Waals surface area contributed by atoms with Gasteiger partial charge in [0.1, 0.15) is 0 Å². The van der Waals surface area contributed by atoms with Crippen LogP contribution in [0.25, 0.3) is 18.2 Å². The molecule has 2 heterocycles. The molecule has 0 N–H and O–H groups in total. The minimum Gasteiger partial charge on any atom is -0.463 e.